The quantitative estimate of drug-likeness (QED) is 0.102. The van der Waals surface area contributed by atoms with Crippen molar-refractivity contribution in [1.29, 1.82) is 0 Å². The molecule has 0 fully saturated rings. The van der Waals surface area contributed by atoms with Crippen molar-refractivity contribution >= 4 is 17.4 Å². The number of anilines is 1. The normalized spacial score (nSPS) is 11.1. The molecule has 0 aliphatic heterocycles. The third-order valence-corrected chi connectivity index (χ3v) is 7.81. The van der Waals surface area contributed by atoms with E-state index in [2.05, 4.69) is 20.6 Å². The average Bonchev–Trinajstić information content (AvgIpc) is 3.04. The van der Waals surface area contributed by atoms with E-state index in [1.54, 1.807) is 24.5 Å². The molecule has 9 nitrogen and oxygen atoms in total. The fraction of sp³-hybridized carbons (Fsp3) is 0.314. The molecule has 2 aromatic carbocycles. The Hall–Kier alpha value is -4.28. The van der Waals surface area contributed by atoms with E-state index in [-0.39, 0.29) is 43.8 Å². The highest BCUT2D eigenvalue weighted by atomic mass is 16.3. The fourth-order valence-electron chi connectivity index (χ4n) is 5.00. The lowest BCUT2D eigenvalue weighted by Gasteiger charge is -2.16. The van der Waals surface area contributed by atoms with Crippen molar-refractivity contribution in [3.63, 3.8) is 0 Å². The van der Waals surface area contributed by atoms with Crippen LogP contribution in [0.25, 0.3) is 11.1 Å². The molecule has 0 spiro atoms. The molecule has 0 atom stereocenters. The molecule has 4 rings (SSSR count). The standard InChI is InChI=1S/C35H40N4O5/c1-23-28(17-34(43)32-13-12-26(20-37-32)18-36-15-16-40)5-3-6-29(23)30-7-4-8-31(24(30)2)39-35(44)33-14-11-25(19-38-33)9-10-27(21-41)22-42/h3-8,11-14,19-20,27,36,40-42H,9-10,15-18,21-22H2,1-2H3,(H,39,44). The average molecular weight is 597 g/mol. The summed E-state index contributed by atoms with van der Waals surface area (Å²) in [5, 5.41) is 33.5. The van der Waals surface area contributed by atoms with Crippen molar-refractivity contribution in [1.82, 2.24) is 15.3 Å². The number of aliphatic hydroxyl groups excluding tert-OH is 3. The number of aliphatic hydroxyl groups is 3. The van der Waals surface area contributed by atoms with Crippen LogP contribution in [0.4, 0.5) is 5.69 Å². The van der Waals surface area contributed by atoms with E-state index in [1.165, 1.54) is 0 Å². The molecule has 2 heterocycles. The van der Waals surface area contributed by atoms with Gasteiger partial charge in [-0.1, -0.05) is 42.5 Å². The van der Waals surface area contributed by atoms with Crippen LogP contribution >= 0.6 is 0 Å². The number of benzene rings is 2. The second kappa shape index (κ2) is 16.0. The SMILES string of the molecule is Cc1c(CC(=O)c2ccc(CNCCO)cn2)cccc1-c1cccc(NC(=O)c2ccc(CCC(CO)CO)cn2)c1C. The monoisotopic (exact) mass is 596 g/mol. The summed E-state index contributed by atoms with van der Waals surface area (Å²) in [5.74, 6) is -0.559. The second-order valence-corrected chi connectivity index (χ2v) is 10.9. The lowest BCUT2D eigenvalue weighted by Crippen LogP contribution is -2.17. The van der Waals surface area contributed by atoms with E-state index in [9.17, 15) is 19.8 Å². The maximum absolute atomic E-state index is 13.1. The fourth-order valence-corrected chi connectivity index (χ4v) is 5.00. The number of rotatable bonds is 15. The smallest absolute Gasteiger partial charge is 0.274 e. The first kappa shape index (κ1) is 32.6. The van der Waals surface area contributed by atoms with Crippen molar-refractivity contribution in [3.8, 4) is 11.1 Å². The van der Waals surface area contributed by atoms with Gasteiger partial charge in [0.1, 0.15) is 11.4 Å². The molecule has 0 aliphatic carbocycles. The van der Waals surface area contributed by atoms with Crippen LogP contribution in [0.1, 0.15) is 55.2 Å². The van der Waals surface area contributed by atoms with E-state index < -0.39 is 0 Å². The van der Waals surface area contributed by atoms with Crippen molar-refractivity contribution in [3.05, 3.63) is 112 Å². The number of ketones is 1. The summed E-state index contributed by atoms with van der Waals surface area (Å²) in [4.78, 5) is 34.8. The lowest BCUT2D eigenvalue weighted by atomic mass is 9.91. The largest absolute Gasteiger partial charge is 0.396 e. The number of hydrogen-bond acceptors (Lipinski definition) is 8. The van der Waals surface area contributed by atoms with Gasteiger partial charge in [0.05, 0.1) is 6.61 Å². The third kappa shape index (κ3) is 8.42. The Morgan fingerprint density at radius 3 is 2.11 bits per heavy atom. The van der Waals surface area contributed by atoms with Crippen LogP contribution in [-0.4, -0.2) is 63.3 Å². The first-order valence-electron chi connectivity index (χ1n) is 14.8. The summed E-state index contributed by atoms with van der Waals surface area (Å²) in [6.45, 7) is 4.96. The van der Waals surface area contributed by atoms with E-state index >= 15 is 0 Å². The molecule has 9 heteroatoms. The van der Waals surface area contributed by atoms with Gasteiger partial charge in [0.25, 0.3) is 5.91 Å². The first-order chi connectivity index (χ1) is 21.3. The summed E-state index contributed by atoms with van der Waals surface area (Å²) < 4.78 is 0. The van der Waals surface area contributed by atoms with E-state index in [0.29, 0.717) is 43.0 Å². The van der Waals surface area contributed by atoms with Crippen LogP contribution in [0, 0.1) is 19.8 Å². The number of amides is 1. The van der Waals surface area contributed by atoms with E-state index in [1.807, 2.05) is 62.4 Å². The van der Waals surface area contributed by atoms with E-state index in [0.717, 1.165) is 38.9 Å². The van der Waals surface area contributed by atoms with Gasteiger partial charge in [-0.2, -0.15) is 0 Å². The molecule has 44 heavy (non-hydrogen) atoms. The number of nitrogens with one attached hydrogen (secondary N) is 2. The van der Waals surface area contributed by atoms with Crippen LogP contribution < -0.4 is 10.6 Å². The highest BCUT2D eigenvalue weighted by Gasteiger charge is 2.16. The zero-order valence-corrected chi connectivity index (χ0v) is 25.2. The number of Topliss-reactive ketones (excluding diaryl/α,β-unsaturated/α-hetero) is 1. The molecule has 0 saturated carbocycles. The minimum atomic E-state index is -0.320. The molecule has 0 saturated heterocycles. The molecule has 1 amide bonds. The molecular weight excluding hydrogens is 556 g/mol. The number of aromatic nitrogens is 2. The summed E-state index contributed by atoms with van der Waals surface area (Å²) in [7, 11) is 0. The Morgan fingerprint density at radius 1 is 0.795 bits per heavy atom. The Bertz CT molecular complexity index is 1550. The minimum absolute atomic E-state index is 0.0640. The number of carbonyl (C=O) groups is 2. The number of nitrogens with zero attached hydrogens (tertiary/aromatic N) is 2. The van der Waals surface area contributed by atoms with Crippen molar-refractivity contribution in [2.45, 2.75) is 39.7 Å². The zero-order chi connectivity index (χ0) is 31.5. The predicted octanol–water partition coefficient (Wildman–Crippen LogP) is 4.05. The van der Waals surface area contributed by atoms with Gasteiger partial charge in [-0.25, -0.2) is 0 Å². The van der Waals surface area contributed by atoms with Gasteiger partial charge in [-0.3, -0.25) is 19.6 Å². The van der Waals surface area contributed by atoms with Crippen molar-refractivity contribution in [2.75, 3.05) is 31.7 Å². The molecular formula is C35H40N4O5. The molecule has 230 valence electrons. The molecule has 0 aliphatic rings. The zero-order valence-electron chi connectivity index (χ0n) is 25.2. The molecule has 0 radical (unpaired) electrons. The Morgan fingerprint density at radius 2 is 1.45 bits per heavy atom. The number of carbonyl (C=O) groups excluding carboxylic acids is 2. The Balaban J connectivity index is 1.45. The molecule has 0 bridgehead atoms. The maximum atomic E-state index is 13.1. The van der Waals surface area contributed by atoms with Crippen LogP contribution in [0.2, 0.25) is 0 Å². The predicted molar refractivity (Wildman–Crippen MR) is 171 cm³/mol. The number of hydrogen-bond donors (Lipinski definition) is 5. The van der Waals surface area contributed by atoms with Crippen LogP contribution in [0.5, 0.6) is 0 Å². The molecule has 0 unspecified atom stereocenters. The summed E-state index contributed by atoms with van der Waals surface area (Å²) >= 11 is 0. The topological polar surface area (TPSA) is 145 Å². The highest BCUT2D eigenvalue weighted by molar-refractivity contribution is 6.04. The second-order valence-electron chi connectivity index (χ2n) is 10.9. The van der Waals surface area contributed by atoms with Gasteiger partial charge in [0.15, 0.2) is 5.78 Å². The summed E-state index contributed by atoms with van der Waals surface area (Å²) in [6, 6.07) is 18.8. The summed E-state index contributed by atoms with van der Waals surface area (Å²) in [6.07, 6.45) is 4.83. The van der Waals surface area contributed by atoms with Crippen LogP contribution in [-0.2, 0) is 19.4 Å². The molecule has 4 aromatic rings. The highest BCUT2D eigenvalue weighted by Crippen LogP contribution is 2.32. The first-order valence-corrected chi connectivity index (χ1v) is 14.8. The van der Waals surface area contributed by atoms with Gasteiger partial charge in [-0.15, -0.1) is 0 Å². The Kier molecular flexibility index (Phi) is 11.8. The third-order valence-electron chi connectivity index (χ3n) is 7.81. The summed E-state index contributed by atoms with van der Waals surface area (Å²) in [5.41, 5.74) is 7.97. The van der Waals surface area contributed by atoms with Crippen LogP contribution in [0.3, 0.4) is 0 Å². The van der Waals surface area contributed by atoms with Gasteiger partial charge in [-0.05, 0) is 83.8 Å². The minimum Gasteiger partial charge on any atom is -0.396 e. The Labute approximate surface area is 258 Å². The molecule has 2 aromatic heterocycles. The van der Waals surface area contributed by atoms with Crippen molar-refractivity contribution in [2.24, 2.45) is 5.92 Å². The van der Waals surface area contributed by atoms with Gasteiger partial charge in [0, 0.05) is 56.7 Å². The van der Waals surface area contributed by atoms with Gasteiger partial charge in [0.2, 0.25) is 0 Å². The number of aryl methyl sites for hydroxylation is 1. The maximum Gasteiger partial charge on any atom is 0.274 e. The van der Waals surface area contributed by atoms with E-state index in [4.69, 9.17) is 5.11 Å². The van der Waals surface area contributed by atoms with Crippen LogP contribution in [0.15, 0.2) is 73.1 Å². The van der Waals surface area contributed by atoms with Gasteiger partial charge < -0.3 is 26.0 Å². The van der Waals surface area contributed by atoms with Crippen molar-refractivity contribution < 1.29 is 24.9 Å². The lowest BCUT2D eigenvalue weighted by molar-refractivity contribution is 0.0986. The molecule has 5 N–H and O–H groups in total. The number of pyridine rings is 2. The van der Waals surface area contributed by atoms with Gasteiger partial charge >= 0.3 is 0 Å².